The molecule has 0 radical (unpaired) electrons. The van der Waals surface area contributed by atoms with E-state index in [2.05, 4.69) is 10.1 Å². The number of nitrogens with zero attached hydrogens (tertiary/aromatic N) is 4. The van der Waals surface area contributed by atoms with Gasteiger partial charge in [0.2, 0.25) is 6.04 Å². The van der Waals surface area contributed by atoms with Crippen molar-refractivity contribution in [3.05, 3.63) is 39.9 Å². The molecule has 2 aliphatic heterocycles. The molecule has 10 heteroatoms. The highest BCUT2D eigenvalue weighted by Crippen LogP contribution is 2.17. The summed E-state index contributed by atoms with van der Waals surface area (Å²) in [6, 6.07) is 5.25. The predicted octanol–water partition coefficient (Wildman–Crippen LogP) is 0.0119. The van der Waals surface area contributed by atoms with Crippen molar-refractivity contribution in [3.8, 4) is 0 Å². The van der Waals surface area contributed by atoms with E-state index in [4.69, 9.17) is 4.74 Å². The highest BCUT2D eigenvalue weighted by molar-refractivity contribution is 5.67. The van der Waals surface area contributed by atoms with Gasteiger partial charge in [0.15, 0.2) is 11.8 Å². The molecule has 0 bridgehead atoms. The average Bonchev–Trinajstić information content (AvgIpc) is 2.93. The molecule has 23 heavy (non-hydrogen) atoms. The van der Waals surface area contributed by atoms with E-state index in [1.54, 1.807) is 0 Å². The van der Waals surface area contributed by atoms with Gasteiger partial charge in [0.1, 0.15) is 12.9 Å². The topological polar surface area (TPSA) is 120 Å². The first-order valence-corrected chi connectivity index (χ1v) is 6.99. The Morgan fingerprint density at radius 2 is 2.22 bits per heavy atom. The summed E-state index contributed by atoms with van der Waals surface area (Å²) in [5.74, 6) is 0. The van der Waals surface area contributed by atoms with E-state index in [0.717, 1.165) is 0 Å². The molecule has 1 saturated heterocycles. The Bertz CT molecular complexity index is 646. The quantitative estimate of drug-likeness (QED) is 0.439. The lowest BCUT2D eigenvalue weighted by atomic mass is 10.2. The Balaban J connectivity index is 1.53. The van der Waals surface area contributed by atoms with Crippen molar-refractivity contribution in [1.82, 2.24) is 4.90 Å². The Morgan fingerprint density at radius 1 is 1.48 bits per heavy atom. The minimum Gasteiger partial charge on any atom is -0.814 e. The molecule has 0 spiro atoms. The van der Waals surface area contributed by atoms with Crippen molar-refractivity contribution < 1.29 is 29.1 Å². The fourth-order valence-corrected chi connectivity index (χ4v) is 2.42. The highest BCUT2D eigenvalue weighted by atomic mass is 16.7. The molecule has 0 saturated carbocycles. The Kier molecular flexibility index (Phi) is 4.06. The molecule has 122 valence electrons. The largest absolute Gasteiger partial charge is 0.814 e. The second-order valence-corrected chi connectivity index (χ2v) is 5.21. The van der Waals surface area contributed by atoms with Crippen LogP contribution < -0.4 is 5.11 Å². The summed E-state index contributed by atoms with van der Waals surface area (Å²) in [6.07, 6.45) is -1.85. The van der Waals surface area contributed by atoms with E-state index in [-0.39, 0.29) is 18.8 Å². The number of benzene rings is 1. The van der Waals surface area contributed by atoms with Crippen molar-refractivity contribution in [2.75, 3.05) is 19.6 Å². The van der Waals surface area contributed by atoms with Gasteiger partial charge in [0.25, 0.3) is 5.69 Å². The Hall–Kier alpha value is -2.75. The molecule has 1 fully saturated rings. The number of nitro groups is 1. The number of ether oxygens (including phenoxy) is 1. The molecule has 2 aliphatic rings. The van der Waals surface area contributed by atoms with E-state index in [9.17, 15) is 20.0 Å². The second-order valence-electron chi connectivity index (χ2n) is 5.21. The number of non-ortho nitro benzene ring substituents is 1. The Morgan fingerprint density at radius 3 is 2.91 bits per heavy atom. The van der Waals surface area contributed by atoms with Gasteiger partial charge in [0.05, 0.1) is 18.0 Å². The van der Waals surface area contributed by atoms with Crippen LogP contribution in [0.15, 0.2) is 29.5 Å². The maximum atomic E-state index is 12.0. The van der Waals surface area contributed by atoms with E-state index in [1.165, 1.54) is 33.9 Å². The lowest BCUT2D eigenvalue weighted by Gasteiger charge is -2.28. The van der Waals surface area contributed by atoms with Gasteiger partial charge in [-0.05, 0) is 17.7 Å². The van der Waals surface area contributed by atoms with Gasteiger partial charge in [0, 0.05) is 12.1 Å². The van der Waals surface area contributed by atoms with Gasteiger partial charge >= 0.3 is 6.09 Å². The number of piperazine rings is 1. The van der Waals surface area contributed by atoms with Gasteiger partial charge in [-0.2, -0.15) is 0 Å². The number of fused-ring (bicyclic) bond motifs is 1. The number of rotatable bonds is 3. The SMILES string of the molecule is O=C(OCc1ccc([N+](=O)[O-])cc1)N1CC[N+]2=NOC([O-])C2C1. The van der Waals surface area contributed by atoms with Crippen LogP contribution in [0, 0.1) is 10.1 Å². The zero-order valence-corrected chi connectivity index (χ0v) is 12.0. The number of nitro benzene ring substituents is 1. The van der Waals surface area contributed by atoms with Crippen molar-refractivity contribution >= 4 is 11.8 Å². The highest BCUT2D eigenvalue weighted by Gasteiger charge is 2.41. The molecule has 1 aromatic rings. The van der Waals surface area contributed by atoms with Gasteiger partial charge in [-0.3, -0.25) is 15.0 Å². The lowest BCUT2D eigenvalue weighted by molar-refractivity contribution is -0.646. The summed E-state index contributed by atoms with van der Waals surface area (Å²) in [7, 11) is 0. The van der Waals surface area contributed by atoms with Gasteiger partial charge < -0.3 is 14.7 Å². The standard InChI is InChI=1S/C13H14N4O6/c18-12-11-7-15(5-6-16(11)14-23-12)13(19)22-8-9-1-3-10(4-2-9)17(20)21/h1-4,11-12H,5-8H2. The number of carbonyl (C=O) groups is 1. The first kappa shape index (κ1) is 15.2. The van der Waals surface area contributed by atoms with E-state index < -0.39 is 23.3 Å². The maximum absolute atomic E-state index is 12.0. The van der Waals surface area contributed by atoms with Crippen LogP contribution in [-0.2, 0) is 16.2 Å². The van der Waals surface area contributed by atoms with Crippen molar-refractivity contribution in [2.24, 2.45) is 5.28 Å². The molecule has 1 amide bonds. The summed E-state index contributed by atoms with van der Waals surface area (Å²) in [6.45, 7) is 0.991. The minimum atomic E-state index is -1.31. The average molecular weight is 322 g/mol. The molecule has 10 nitrogen and oxygen atoms in total. The molecule has 2 heterocycles. The summed E-state index contributed by atoms with van der Waals surface area (Å²) in [5.41, 5.74) is 0.617. The minimum absolute atomic E-state index is 0.00336. The van der Waals surface area contributed by atoms with E-state index in [1.807, 2.05) is 0 Å². The summed E-state index contributed by atoms with van der Waals surface area (Å²) in [4.78, 5) is 28.2. The van der Waals surface area contributed by atoms with Crippen molar-refractivity contribution in [1.29, 1.82) is 0 Å². The van der Waals surface area contributed by atoms with Crippen molar-refractivity contribution in [3.63, 3.8) is 0 Å². The molecular formula is C13H14N4O6. The van der Waals surface area contributed by atoms with Crippen LogP contribution in [-0.4, -0.2) is 52.6 Å². The third-order valence-electron chi connectivity index (χ3n) is 3.73. The molecular weight excluding hydrogens is 308 g/mol. The zero-order chi connectivity index (χ0) is 16.4. The summed E-state index contributed by atoms with van der Waals surface area (Å²) >= 11 is 0. The number of carbonyl (C=O) groups excluding carboxylic acids is 1. The summed E-state index contributed by atoms with van der Waals surface area (Å²) < 4.78 is 6.72. The summed E-state index contributed by atoms with van der Waals surface area (Å²) in [5, 5.41) is 25.7. The molecule has 2 atom stereocenters. The van der Waals surface area contributed by atoms with Crippen LogP contribution in [0.25, 0.3) is 0 Å². The van der Waals surface area contributed by atoms with Gasteiger partial charge in [-0.1, -0.05) is 4.70 Å². The fourth-order valence-electron chi connectivity index (χ4n) is 2.42. The zero-order valence-electron chi connectivity index (χ0n) is 12.0. The van der Waals surface area contributed by atoms with Crippen LogP contribution >= 0.6 is 0 Å². The van der Waals surface area contributed by atoms with Crippen LogP contribution in [0.5, 0.6) is 0 Å². The van der Waals surface area contributed by atoms with E-state index >= 15 is 0 Å². The maximum Gasteiger partial charge on any atom is 0.410 e. The third kappa shape index (κ3) is 3.21. The number of hydrogen-bond donors (Lipinski definition) is 0. The molecule has 0 aromatic heterocycles. The lowest BCUT2D eigenvalue weighted by Crippen LogP contribution is -2.55. The van der Waals surface area contributed by atoms with Gasteiger partial charge in [-0.15, -0.1) is 0 Å². The fraction of sp³-hybridized carbons (Fsp3) is 0.462. The van der Waals surface area contributed by atoms with Crippen LogP contribution in [0.2, 0.25) is 0 Å². The normalized spacial score (nSPS) is 22.8. The van der Waals surface area contributed by atoms with Crippen LogP contribution in [0.4, 0.5) is 10.5 Å². The van der Waals surface area contributed by atoms with Crippen molar-refractivity contribution in [2.45, 2.75) is 18.9 Å². The second kappa shape index (κ2) is 6.16. The predicted molar refractivity (Wildman–Crippen MR) is 71.1 cm³/mol. The molecule has 3 rings (SSSR count). The monoisotopic (exact) mass is 322 g/mol. The smallest absolute Gasteiger partial charge is 0.410 e. The van der Waals surface area contributed by atoms with E-state index in [0.29, 0.717) is 18.7 Å². The Labute approximate surface area is 130 Å². The number of amides is 1. The van der Waals surface area contributed by atoms with Crippen LogP contribution in [0.1, 0.15) is 5.56 Å². The third-order valence-corrected chi connectivity index (χ3v) is 3.73. The number of hydrogen-bond acceptors (Lipinski definition) is 7. The van der Waals surface area contributed by atoms with Gasteiger partial charge in [-0.25, -0.2) is 4.79 Å². The first-order valence-electron chi connectivity index (χ1n) is 6.99. The molecule has 0 N–H and O–H groups in total. The first-order chi connectivity index (χ1) is 11.0. The molecule has 1 aromatic carbocycles. The molecule has 0 aliphatic carbocycles. The molecule has 2 unspecified atom stereocenters. The van der Waals surface area contributed by atoms with Crippen LogP contribution in [0.3, 0.4) is 0 Å².